The molecule has 0 N–H and O–H groups in total. The second-order valence-corrected chi connectivity index (χ2v) is 4.15. The zero-order valence-electron chi connectivity index (χ0n) is 9.19. The molecular formula is C12H11BrClNO2. The summed E-state index contributed by atoms with van der Waals surface area (Å²) in [6.07, 6.45) is 3.10. The Morgan fingerprint density at radius 3 is 2.76 bits per heavy atom. The van der Waals surface area contributed by atoms with Crippen molar-refractivity contribution >= 4 is 32.8 Å². The van der Waals surface area contributed by atoms with Gasteiger partial charge < -0.3 is 17.1 Å². The van der Waals surface area contributed by atoms with Gasteiger partial charge >= 0.3 is 6.09 Å². The van der Waals surface area contributed by atoms with Crippen LogP contribution in [-0.4, -0.2) is 12.7 Å². The molecule has 0 fully saturated rings. The maximum atomic E-state index is 11.6. The predicted octanol–water partition coefficient (Wildman–Crippen LogP) is -0.102. The number of rotatable bonds is 1. The Hall–Kier alpha value is -1.13. The van der Waals surface area contributed by atoms with Gasteiger partial charge in [-0.05, 0) is 28.9 Å². The molecule has 0 saturated heterocycles. The van der Waals surface area contributed by atoms with Gasteiger partial charge in [-0.25, -0.2) is 0 Å². The molecule has 2 aromatic rings. The van der Waals surface area contributed by atoms with Crippen LogP contribution >= 0.6 is 15.9 Å². The Morgan fingerprint density at radius 2 is 2.06 bits per heavy atom. The van der Waals surface area contributed by atoms with E-state index in [4.69, 9.17) is 4.74 Å². The maximum absolute atomic E-state index is 11.6. The van der Waals surface area contributed by atoms with E-state index in [0.717, 1.165) is 15.2 Å². The number of carbonyl (C=O) groups excluding carboxylic acids is 1. The van der Waals surface area contributed by atoms with Crippen molar-refractivity contribution < 1.29 is 26.5 Å². The van der Waals surface area contributed by atoms with Crippen LogP contribution in [0, 0.1) is 0 Å². The first-order valence-electron chi connectivity index (χ1n) is 4.99. The number of pyridine rings is 1. The molecule has 90 valence electrons. The normalized spacial score (nSPS) is 9.76. The van der Waals surface area contributed by atoms with E-state index in [1.165, 1.54) is 4.57 Å². The van der Waals surface area contributed by atoms with Crippen LogP contribution < -0.4 is 17.0 Å². The molecule has 0 aliphatic carbocycles. The molecule has 0 aliphatic heterocycles. The largest absolute Gasteiger partial charge is 1.00 e. The molecule has 0 aliphatic rings. The Labute approximate surface area is 114 Å². The van der Waals surface area contributed by atoms with Gasteiger partial charge in [0.25, 0.3) is 0 Å². The summed E-state index contributed by atoms with van der Waals surface area (Å²) in [5, 5.41) is 2.06. The minimum absolute atomic E-state index is 0. The van der Waals surface area contributed by atoms with Crippen LogP contribution in [0.4, 0.5) is 4.79 Å². The third-order valence-corrected chi connectivity index (χ3v) is 2.86. The van der Waals surface area contributed by atoms with Gasteiger partial charge in [-0.15, -0.1) is 0 Å². The van der Waals surface area contributed by atoms with E-state index in [9.17, 15) is 4.79 Å². The zero-order valence-corrected chi connectivity index (χ0v) is 11.5. The molecule has 0 radical (unpaired) electrons. The molecule has 1 aromatic carbocycles. The lowest BCUT2D eigenvalue weighted by molar-refractivity contribution is -0.585. The van der Waals surface area contributed by atoms with Crippen molar-refractivity contribution in [3.8, 4) is 0 Å². The molecule has 1 aromatic heterocycles. The van der Waals surface area contributed by atoms with Gasteiger partial charge in [0.2, 0.25) is 0 Å². The molecule has 17 heavy (non-hydrogen) atoms. The smallest absolute Gasteiger partial charge is 0.601 e. The Morgan fingerprint density at radius 1 is 1.35 bits per heavy atom. The van der Waals surface area contributed by atoms with Crippen molar-refractivity contribution in [3.05, 3.63) is 41.1 Å². The van der Waals surface area contributed by atoms with Crippen LogP contribution in [0.15, 0.2) is 41.1 Å². The molecule has 0 unspecified atom stereocenters. The molecule has 2 rings (SSSR count). The van der Waals surface area contributed by atoms with E-state index < -0.39 is 0 Å². The fourth-order valence-electron chi connectivity index (χ4n) is 1.51. The van der Waals surface area contributed by atoms with Crippen LogP contribution in [0.5, 0.6) is 0 Å². The first-order chi connectivity index (χ1) is 7.72. The van der Waals surface area contributed by atoms with Gasteiger partial charge in [-0.3, -0.25) is 0 Å². The zero-order chi connectivity index (χ0) is 11.5. The minimum Gasteiger partial charge on any atom is -1.00 e. The molecule has 0 saturated carbocycles. The van der Waals surface area contributed by atoms with Crippen molar-refractivity contribution in [2.45, 2.75) is 6.92 Å². The molecule has 0 bridgehead atoms. The lowest BCUT2D eigenvalue weighted by Gasteiger charge is -1.99. The highest BCUT2D eigenvalue weighted by molar-refractivity contribution is 9.10. The predicted molar refractivity (Wildman–Crippen MR) is 64.3 cm³/mol. The quantitative estimate of drug-likeness (QED) is 0.688. The van der Waals surface area contributed by atoms with Crippen LogP contribution in [0.1, 0.15) is 6.92 Å². The average Bonchev–Trinajstić information content (AvgIpc) is 2.29. The number of benzene rings is 1. The molecular weight excluding hydrogens is 305 g/mol. The van der Waals surface area contributed by atoms with Crippen LogP contribution in [0.2, 0.25) is 0 Å². The Balaban J connectivity index is 0.00000144. The number of ether oxygens (including phenoxy) is 1. The molecule has 0 spiro atoms. The average molecular weight is 317 g/mol. The van der Waals surface area contributed by atoms with Crippen molar-refractivity contribution in [2.75, 3.05) is 6.61 Å². The lowest BCUT2D eigenvalue weighted by atomic mass is 10.2. The molecule has 5 heteroatoms. The highest BCUT2D eigenvalue weighted by Crippen LogP contribution is 2.20. The summed E-state index contributed by atoms with van der Waals surface area (Å²) in [6, 6.07) is 7.84. The van der Waals surface area contributed by atoms with Gasteiger partial charge in [-0.1, -0.05) is 22.8 Å². The summed E-state index contributed by atoms with van der Waals surface area (Å²) in [6.45, 7) is 2.16. The summed E-state index contributed by atoms with van der Waals surface area (Å²) in [5.41, 5.74) is 0. The highest BCUT2D eigenvalue weighted by Gasteiger charge is 2.17. The van der Waals surface area contributed by atoms with E-state index in [2.05, 4.69) is 15.9 Å². The summed E-state index contributed by atoms with van der Waals surface area (Å²) in [7, 11) is 0. The van der Waals surface area contributed by atoms with E-state index in [1.807, 2.05) is 24.3 Å². The summed E-state index contributed by atoms with van der Waals surface area (Å²) in [4.78, 5) is 11.6. The number of halogens is 2. The first-order valence-corrected chi connectivity index (χ1v) is 5.78. The van der Waals surface area contributed by atoms with Crippen LogP contribution in [0.25, 0.3) is 10.8 Å². The van der Waals surface area contributed by atoms with Gasteiger partial charge in [0.1, 0.15) is 0 Å². The topological polar surface area (TPSA) is 30.2 Å². The summed E-state index contributed by atoms with van der Waals surface area (Å²) < 4.78 is 7.25. The van der Waals surface area contributed by atoms with Gasteiger partial charge in [-0.2, -0.15) is 4.79 Å². The van der Waals surface area contributed by atoms with Crippen molar-refractivity contribution in [2.24, 2.45) is 0 Å². The molecule has 0 atom stereocenters. The number of carbonyl (C=O) groups is 1. The van der Waals surface area contributed by atoms with Crippen LogP contribution in [-0.2, 0) is 4.74 Å². The molecule has 0 amide bonds. The van der Waals surface area contributed by atoms with Gasteiger partial charge in [0.05, 0.1) is 11.1 Å². The Bertz CT molecular complexity index is 545. The van der Waals surface area contributed by atoms with Crippen molar-refractivity contribution in [1.82, 2.24) is 0 Å². The monoisotopic (exact) mass is 315 g/mol. The van der Waals surface area contributed by atoms with Gasteiger partial charge in [0, 0.05) is 10.8 Å². The number of nitrogens with zero attached hydrogens (tertiary/aromatic N) is 1. The van der Waals surface area contributed by atoms with E-state index in [0.29, 0.717) is 6.61 Å². The number of fused-ring (bicyclic) bond motifs is 1. The third-order valence-electron chi connectivity index (χ3n) is 2.23. The SMILES string of the molecule is CCOC(=O)[n+]1cc(Br)c2ccccc2c1.[Cl-]. The van der Waals surface area contributed by atoms with Crippen LogP contribution in [0.3, 0.4) is 0 Å². The maximum Gasteiger partial charge on any atom is 0.601 e. The second-order valence-electron chi connectivity index (χ2n) is 3.30. The van der Waals surface area contributed by atoms with Crippen molar-refractivity contribution in [3.63, 3.8) is 0 Å². The summed E-state index contributed by atoms with van der Waals surface area (Å²) >= 11 is 3.44. The number of hydrogen-bond acceptors (Lipinski definition) is 2. The number of hydrogen-bond donors (Lipinski definition) is 0. The van der Waals surface area contributed by atoms with Crippen molar-refractivity contribution in [1.29, 1.82) is 0 Å². The fraction of sp³-hybridized carbons (Fsp3) is 0.167. The minimum atomic E-state index is -0.367. The third kappa shape index (κ3) is 2.96. The van der Waals surface area contributed by atoms with E-state index in [-0.39, 0.29) is 18.5 Å². The molecule has 1 heterocycles. The highest BCUT2D eigenvalue weighted by atomic mass is 79.9. The number of aromatic nitrogens is 1. The Kier molecular flexibility index (Phi) is 4.90. The second kappa shape index (κ2) is 5.98. The standard InChI is InChI=1S/C12H11BrNO2.ClH/c1-2-16-12(15)14-7-9-5-3-4-6-10(9)11(13)8-14;/h3-8H,2H2,1H3;1H/q+1;/p-1. The first kappa shape index (κ1) is 13.9. The summed E-state index contributed by atoms with van der Waals surface area (Å²) in [5.74, 6) is 0. The van der Waals surface area contributed by atoms with E-state index >= 15 is 0 Å². The fourth-order valence-corrected chi connectivity index (χ4v) is 2.09. The molecule has 3 nitrogen and oxygen atoms in total. The van der Waals surface area contributed by atoms with E-state index in [1.54, 1.807) is 19.3 Å². The van der Waals surface area contributed by atoms with Gasteiger partial charge in [0.15, 0.2) is 12.4 Å². The lowest BCUT2D eigenvalue weighted by Crippen LogP contribution is -3.00.